The summed E-state index contributed by atoms with van der Waals surface area (Å²) in [5, 5.41) is 37.6. The van der Waals surface area contributed by atoms with Crippen LogP contribution in [0.4, 0.5) is 0 Å². The molecule has 0 aliphatic rings. The third-order valence-electron chi connectivity index (χ3n) is 3.32. The molecule has 0 saturated carbocycles. The molecule has 122 valence electrons. The van der Waals surface area contributed by atoms with Gasteiger partial charge in [-0.15, -0.1) is 11.8 Å². The van der Waals surface area contributed by atoms with Gasteiger partial charge in [-0.25, -0.2) is 0 Å². The summed E-state index contributed by atoms with van der Waals surface area (Å²) >= 11 is 1.34. The zero-order valence-corrected chi connectivity index (χ0v) is 13.2. The number of carboxylic acids is 1. The summed E-state index contributed by atoms with van der Waals surface area (Å²) in [4.78, 5) is 11.6. The Hall–Kier alpha value is -2.34. The van der Waals surface area contributed by atoms with Crippen molar-refractivity contribution in [3.05, 3.63) is 48.0 Å². The average Bonchev–Trinajstić information content (AvgIpc) is 2.45. The van der Waals surface area contributed by atoms with Gasteiger partial charge in [-0.05, 0) is 42.2 Å². The summed E-state index contributed by atoms with van der Waals surface area (Å²) in [7, 11) is 0. The molecule has 2 aromatic carbocycles. The van der Waals surface area contributed by atoms with Crippen molar-refractivity contribution in [2.24, 2.45) is 5.92 Å². The quantitative estimate of drug-likeness (QED) is 0.580. The zero-order valence-electron chi connectivity index (χ0n) is 12.3. The fraction of sp³-hybridized carbons (Fsp3) is 0.235. The van der Waals surface area contributed by atoms with E-state index in [4.69, 9.17) is 5.11 Å². The van der Waals surface area contributed by atoms with Crippen molar-refractivity contribution in [2.45, 2.75) is 17.7 Å². The van der Waals surface area contributed by atoms with Crippen LogP contribution in [0, 0.1) is 5.92 Å². The highest BCUT2D eigenvalue weighted by atomic mass is 32.2. The number of aromatic hydroxyl groups is 3. The summed E-state index contributed by atoms with van der Waals surface area (Å²) in [6.45, 7) is 0. The van der Waals surface area contributed by atoms with Crippen LogP contribution in [-0.2, 0) is 11.2 Å². The van der Waals surface area contributed by atoms with E-state index in [1.807, 2.05) is 6.07 Å². The normalized spacial score (nSPS) is 12.0. The number of carbonyl (C=O) groups is 1. The number of thioether (sulfide) groups is 1. The molecule has 1 unspecified atom stereocenters. The highest BCUT2D eigenvalue weighted by Crippen LogP contribution is 2.33. The molecule has 5 nitrogen and oxygen atoms in total. The minimum absolute atomic E-state index is 0.00149. The van der Waals surface area contributed by atoms with Gasteiger partial charge < -0.3 is 20.4 Å². The molecule has 0 aliphatic carbocycles. The standard InChI is InChI=1S/C17H18O5S/c18-13-3-1-2-11(7-13)6-12(8-17(21)22)10-23-16-5-4-14(19)9-15(16)20/h1-5,7,9,12,18-20H,6,8,10H2,(H,21,22). The van der Waals surface area contributed by atoms with Crippen LogP contribution >= 0.6 is 11.8 Å². The minimum Gasteiger partial charge on any atom is -0.508 e. The van der Waals surface area contributed by atoms with E-state index in [1.54, 1.807) is 24.3 Å². The van der Waals surface area contributed by atoms with Gasteiger partial charge in [-0.2, -0.15) is 0 Å². The minimum atomic E-state index is -0.884. The van der Waals surface area contributed by atoms with Crippen molar-refractivity contribution in [2.75, 3.05) is 5.75 Å². The van der Waals surface area contributed by atoms with E-state index in [-0.39, 0.29) is 29.6 Å². The van der Waals surface area contributed by atoms with Crippen molar-refractivity contribution in [3.63, 3.8) is 0 Å². The van der Waals surface area contributed by atoms with Gasteiger partial charge >= 0.3 is 5.97 Å². The molecular weight excluding hydrogens is 316 g/mol. The number of phenols is 3. The summed E-state index contributed by atoms with van der Waals surface area (Å²) in [5.41, 5.74) is 0.867. The number of benzene rings is 2. The van der Waals surface area contributed by atoms with Crippen LogP contribution in [0.15, 0.2) is 47.4 Å². The first-order chi connectivity index (χ1) is 10.9. The Bertz CT molecular complexity index is 686. The fourth-order valence-electron chi connectivity index (χ4n) is 2.29. The Balaban J connectivity index is 2.04. The zero-order chi connectivity index (χ0) is 16.8. The lowest BCUT2D eigenvalue weighted by Crippen LogP contribution is -2.13. The fourth-order valence-corrected chi connectivity index (χ4v) is 3.31. The molecule has 0 aliphatic heterocycles. The second-order valence-corrected chi connectivity index (χ2v) is 6.36. The van der Waals surface area contributed by atoms with Crippen molar-refractivity contribution >= 4 is 17.7 Å². The number of hydrogen-bond acceptors (Lipinski definition) is 5. The molecule has 2 aromatic rings. The highest BCUT2D eigenvalue weighted by molar-refractivity contribution is 7.99. The lowest BCUT2D eigenvalue weighted by Gasteiger charge is -2.15. The average molecular weight is 334 g/mol. The van der Waals surface area contributed by atoms with E-state index in [2.05, 4.69) is 0 Å². The van der Waals surface area contributed by atoms with Crippen LogP contribution in [0.2, 0.25) is 0 Å². The van der Waals surface area contributed by atoms with Gasteiger partial charge in [-0.1, -0.05) is 12.1 Å². The molecule has 1 atom stereocenters. The predicted octanol–water partition coefficient (Wildman–Crippen LogP) is 3.23. The van der Waals surface area contributed by atoms with E-state index < -0.39 is 5.97 Å². The van der Waals surface area contributed by atoms with Crippen molar-refractivity contribution < 1.29 is 25.2 Å². The number of phenolic OH excluding ortho intramolecular Hbond substituents is 3. The Morgan fingerprint density at radius 3 is 2.43 bits per heavy atom. The van der Waals surface area contributed by atoms with Crippen LogP contribution in [0.25, 0.3) is 0 Å². The van der Waals surface area contributed by atoms with E-state index in [9.17, 15) is 20.1 Å². The number of aliphatic carboxylic acids is 1. The molecule has 23 heavy (non-hydrogen) atoms. The highest BCUT2D eigenvalue weighted by Gasteiger charge is 2.16. The van der Waals surface area contributed by atoms with Gasteiger partial charge in [0.05, 0.1) is 0 Å². The lowest BCUT2D eigenvalue weighted by molar-refractivity contribution is -0.137. The Morgan fingerprint density at radius 1 is 1.04 bits per heavy atom. The third-order valence-corrected chi connectivity index (χ3v) is 4.61. The van der Waals surface area contributed by atoms with Crippen molar-refractivity contribution in [1.29, 1.82) is 0 Å². The van der Waals surface area contributed by atoms with Gasteiger partial charge in [0.1, 0.15) is 17.2 Å². The second kappa shape index (κ2) is 7.78. The Kier molecular flexibility index (Phi) is 5.76. The molecule has 0 aromatic heterocycles. The van der Waals surface area contributed by atoms with E-state index in [0.29, 0.717) is 17.1 Å². The molecule has 0 heterocycles. The van der Waals surface area contributed by atoms with Gasteiger partial charge in [0.25, 0.3) is 0 Å². The number of rotatable bonds is 7. The Labute approximate surface area is 138 Å². The molecular formula is C17H18O5S. The monoisotopic (exact) mass is 334 g/mol. The SMILES string of the molecule is O=C(O)CC(CSc1ccc(O)cc1O)Cc1cccc(O)c1. The summed E-state index contributed by atoms with van der Waals surface area (Å²) < 4.78 is 0. The summed E-state index contributed by atoms with van der Waals surface area (Å²) in [5.74, 6) is -0.422. The van der Waals surface area contributed by atoms with E-state index in [0.717, 1.165) is 5.56 Å². The molecule has 0 radical (unpaired) electrons. The first-order valence-electron chi connectivity index (χ1n) is 7.08. The number of carboxylic acid groups (broad SMARTS) is 1. The third kappa shape index (κ3) is 5.41. The maximum absolute atomic E-state index is 11.0. The van der Waals surface area contributed by atoms with Crippen molar-refractivity contribution in [1.82, 2.24) is 0 Å². The van der Waals surface area contributed by atoms with Gasteiger partial charge in [0, 0.05) is 23.1 Å². The first-order valence-corrected chi connectivity index (χ1v) is 8.07. The van der Waals surface area contributed by atoms with Gasteiger partial charge in [-0.3, -0.25) is 4.79 Å². The summed E-state index contributed by atoms with van der Waals surface area (Å²) in [6.07, 6.45) is 0.522. The molecule has 0 bridgehead atoms. The van der Waals surface area contributed by atoms with Crippen LogP contribution in [0.5, 0.6) is 17.2 Å². The largest absolute Gasteiger partial charge is 0.508 e. The van der Waals surface area contributed by atoms with Gasteiger partial charge in [0.2, 0.25) is 0 Å². The molecule has 6 heteroatoms. The van der Waals surface area contributed by atoms with E-state index >= 15 is 0 Å². The number of hydrogen-bond donors (Lipinski definition) is 4. The lowest BCUT2D eigenvalue weighted by atomic mass is 9.98. The molecule has 0 amide bonds. The molecule has 4 N–H and O–H groups in total. The molecule has 0 saturated heterocycles. The smallest absolute Gasteiger partial charge is 0.303 e. The van der Waals surface area contributed by atoms with Gasteiger partial charge in [0.15, 0.2) is 0 Å². The second-order valence-electron chi connectivity index (χ2n) is 5.30. The van der Waals surface area contributed by atoms with Crippen LogP contribution in [-0.4, -0.2) is 32.1 Å². The predicted molar refractivity (Wildman–Crippen MR) is 88.0 cm³/mol. The first kappa shape index (κ1) is 17.0. The molecule has 2 rings (SSSR count). The molecule has 0 fully saturated rings. The van der Waals surface area contributed by atoms with Crippen LogP contribution in [0.1, 0.15) is 12.0 Å². The van der Waals surface area contributed by atoms with Crippen LogP contribution < -0.4 is 0 Å². The summed E-state index contributed by atoms with van der Waals surface area (Å²) in [6, 6.07) is 11.1. The van der Waals surface area contributed by atoms with E-state index in [1.165, 1.54) is 23.9 Å². The molecule has 0 spiro atoms. The maximum Gasteiger partial charge on any atom is 0.303 e. The van der Waals surface area contributed by atoms with Crippen LogP contribution in [0.3, 0.4) is 0 Å². The van der Waals surface area contributed by atoms with Crippen molar-refractivity contribution in [3.8, 4) is 17.2 Å². The topological polar surface area (TPSA) is 98.0 Å². The Morgan fingerprint density at radius 2 is 1.78 bits per heavy atom. The maximum atomic E-state index is 11.0.